The normalized spacial score (nSPS) is 19.3. The van der Waals surface area contributed by atoms with Crippen molar-refractivity contribution >= 4 is 39.8 Å². The van der Waals surface area contributed by atoms with Gasteiger partial charge in [0.25, 0.3) is 5.91 Å². The molecule has 0 aliphatic carbocycles. The first kappa shape index (κ1) is 15.8. The Kier molecular flexibility index (Phi) is 3.54. The molecule has 3 aliphatic rings. The van der Waals surface area contributed by atoms with Crippen LogP contribution in [0.5, 0.6) is 11.5 Å². The van der Waals surface area contributed by atoms with E-state index in [4.69, 9.17) is 14.9 Å². The van der Waals surface area contributed by atoms with Crippen molar-refractivity contribution in [3.8, 4) is 11.5 Å². The summed E-state index contributed by atoms with van der Waals surface area (Å²) >= 11 is 1.24. The molecule has 1 aromatic heterocycles. The standard InChI is InChI=1S/C18H11N5O3S/c19-15-12(6-10-3-4-13-14(7-10)26-9-25-13)16(24)21-18-23(15)22-17(27-18)11-2-1-5-20-8-11/h1-8,19H,9H2/b12-6+,19-15?. The summed E-state index contributed by atoms with van der Waals surface area (Å²) < 4.78 is 10.6. The zero-order chi connectivity index (χ0) is 18.4. The molecule has 5 rings (SSSR count). The fourth-order valence-corrected chi connectivity index (χ4v) is 3.65. The van der Waals surface area contributed by atoms with Gasteiger partial charge in [0.15, 0.2) is 17.3 Å². The van der Waals surface area contributed by atoms with Crippen LogP contribution in [0.4, 0.5) is 0 Å². The number of carbonyl (C=O) groups is 1. The van der Waals surface area contributed by atoms with E-state index in [1.807, 2.05) is 6.07 Å². The quantitative estimate of drug-likeness (QED) is 0.807. The third-order valence-corrected chi connectivity index (χ3v) is 5.03. The van der Waals surface area contributed by atoms with Gasteiger partial charge in [-0.2, -0.15) is 15.1 Å². The van der Waals surface area contributed by atoms with Crippen LogP contribution in [-0.2, 0) is 4.79 Å². The molecule has 0 bridgehead atoms. The van der Waals surface area contributed by atoms with Crippen LogP contribution in [0, 0.1) is 5.41 Å². The Morgan fingerprint density at radius 3 is 2.96 bits per heavy atom. The number of hydrazone groups is 1. The van der Waals surface area contributed by atoms with Crippen molar-refractivity contribution in [2.24, 2.45) is 10.1 Å². The summed E-state index contributed by atoms with van der Waals surface area (Å²) in [5.41, 5.74) is 1.69. The summed E-state index contributed by atoms with van der Waals surface area (Å²) in [6.07, 6.45) is 4.96. The Bertz CT molecular complexity index is 1080. The molecule has 0 fully saturated rings. The maximum absolute atomic E-state index is 12.5. The molecule has 4 heterocycles. The number of nitrogens with zero attached hydrogens (tertiary/aromatic N) is 4. The highest BCUT2D eigenvalue weighted by molar-refractivity contribution is 8.27. The number of carbonyl (C=O) groups excluding carboxylic acids is 1. The molecule has 27 heavy (non-hydrogen) atoms. The van der Waals surface area contributed by atoms with Crippen LogP contribution >= 0.6 is 11.8 Å². The molecule has 132 valence electrons. The SMILES string of the molecule is N=C1/C(=C\c2ccc3c(c2)OCO3)C(=O)N=C2SC(c3cccnc3)=NN12. The van der Waals surface area contributed by atoms with Crippen LogP contribution in [0.25, 0.3) is 6.08 Å². The van der Waals surface area contributed by atoms with Gasteiger partial charge in [0.1, 0.15) is 5.04 Å². The van der Waals surface area contributed by atoms with Crippen LogP contribution in [0.1, 0.15) is 11.1 Å². The Morgan fingerprint density at radius 1 is 1.22 bits per heavy atom. The van der Waals surface area contributed by atoms with Gasteiger partial charge in [-0.15, -0.1) is 0 Å². The van der Waals surface area contributed by atoms with Crippen molar-refractivity contribution in [3.63, 3.8) is 0 Å². The molecule has 0 atom stereocenters. The highest BCUT2D eigenvalue weighted by Crippen LogP contribution is 2.34. The van der Waals surface area contributed by atoms with E-state index < -0.39 is 5.91 Å². The Morgan fingerprint density at radius 2 is 2.11 bits per heavy atom. The number of aromatic nitrogens is 1. The minimum atomic E-state index is -0.473. The first-order valence-corrected chi connectivity index (χ1v) is 8.81. The first-order chi connectivity index (χ1) is 13.2. The van der Waals surface area contributed by atoms with E-state index in [0.29, 0.717) is 27.3 Å². The largest absolute Gasteiger partial charge is 0.454 e. The minimum absolute atomic E-state index is 0.0194. The van der Waals surface area contributed by atoms with Gasteiger partial charge in [-0.05, 0) is 47.7 Å². The van der Waals surface area contributed by atoms with E-state index in [1.165, 1.54) is 16.8 Å². The number of ether oxygens (including phenoxy) is 2. The number of amides is 1. The number of benzene rings is 1. The average molecular weight is 377 g/mol. The number of amidine groups is 2. The minimum Gasteiger partial charge on any atom is -0.454 e. The predicted molar refractivity (Wildman–Crippen MR) is 101 cm³/mol. The topological polar surface area (TPSA) is 100 Å². The first-order valence-electron chi connectivity index (χ1n) is 7.99. The molecule has 0 spiro atoms. The number of thioether (sulfide) groups is 1. The average Bonchev–Trinajstić information content (AvgIpc) is 3.32. The van der Waals surface area contributed by atoms with Crippen molar-refractivity contribution in [2.75, 3.05) is 6.79 Å². The van der Waals surface area contributed by atoms with Gasteiger partial charge >= 0.3 is 0 Å². The lowest BCUT2D eigenvalue weighted by Crippen LogP contribution is -2.35. The molecule has 0 unspecified atom stereocenters. The Hall–Kier alpha value is -3.46. The fraction of sp³-hybridized carbons (Fsp3) is 0.0556. The van der Waals surface area contributed by atoms with Crippen LogP contribution in [0.3, 0.4) is 0 Å². The molecular formula is C18H11N5O3S. The molecule has 2 aromatic rings. The summed E-state index contributed by atoms with van der Waals surface area (Å²) in [6, 6.07) is 9.00. The maximum atomic E-state index is 12.5. The zero-order valence-corrected chi connectivity index (χ0v) is 14.6. The van der Waals surface area contributed by atoms with E-state index in [1.54, 1.807) is 42.7 Å². The second-order valence-corrected chi connectivity index (χ2v) is 6.74. The van der Waals surface area contributed by atoms with E-state index in [-0.39, 0.29) is 18.2 Å². The lowest BCUT2D eigenvalue weighted by Gasteiger charge is -2.20. The van der Waals surface area contributed by atoms with E-state index in [0.717, 1.165) is 5.56 Å². The number of aliphatic imine (C=N–C) groups is 1. The molecule has 0 radical (unpaired) electrons. The molecule has 1 N–H and O–H groups in total. The molecule has 3 aliphatic heterocycles. The summed E-state index contributed by atoms with van der Waals surface area (Å²) in [7, 11) is 0. The summed E-state index contributed by atoms with van der Waals surface area (Å²) in [6.45, 7) is 0.175. The maximum Gasteiger partial charge on any atom is 0.283 e. The van der Waals surface area contributed by atoms with Gasteiger partial charge in [-0.3, -0.25) is 15.2 Å². The van der Waals surface area contributed by atoms with E-state index in [9.17, 15) is 4.79 Å². The zero-order valence-electron chi connectivity index (χ0n) is 13.7. The van der Waals surface area contributed by atoms with Crippen LogP contribution in [0.15, 0.2) is 58.4 Å². The molecule has 0 saturated carbocycles. The van der Waals surface area contributed by atoms with Gasteiger partial charge in [0.2, 0.25) is 12.0 Å². The Labute approximate surface area is 157 Å². The third-order valence-electron chi connectivity index (χ3n) is 4.07. The van der Waals surface area contributed by atoms with Gasteiger partial charge < -0.3 is 9.47 Å². The molecular weight excluding hydrogens is 366 g/mol. The van der Waals surface area contributed by atoms with Crippen LogP contribution in [-0.4, -0.2) is 38.7 Å². The van der Waals surface area contributed by atoms with Gasteiger partial charge in [-0.25, -0.2) is 0 Å². The lowest BCUT2D eigenvalue weighted by atomic mass is 10.1. The van der Waals surface area contributed by atoms with Gasteiger partial charge in [0.05, 0.1) is 5.57 Å². The van der Waals surface area contributed by atoms with E-state index >= 15 is 0 Å². The molecule has 1 amide bonds. The lowest BCUT2D eigenvalue weighted by molar-refractivity contribution is -0.114. The number of hydrogen-bond acceptors (Lipinski definition) is 7. The highest BCUT2D eigenvalue weighted by Gasteiger charge is 2.36. The fourth-order valence-electron chi connectivity index (χ4n) is 2.77. The van der Waals surface area contributed by atoms with Crippen molar-refractivity contribution < 1.29 is 14.3 Å². The molecule has 8 nitrogen and oxygen atoms in total. The molecule has 1 aromatic carbocycles. The molecule has 0 saturated heterocycles. The smallest absolute Gasteiger partial charge is 0.283 e. The number of rotatable bonds is 2. The summed E-state index contributed by atoms with van der Waals surface area (Å²) in [5, 5.41) is 15.2. The van der Waals surface area contributed by atoms with Gasteiger partial charge in [0, 0.05) is 18.0 Å². The number of nitrogens with one attached hydrogen (secondary N) is 1. The second kappa shape index (κ2) is 6.06. The van der Waals surface area contributed by atoms with Crippen molar-refractivity contribution in [2.45, 2.75) is 0 Å². The van der Waals surface area contributed by atoms with E-state index in [2.05, 4.69) is 15.1 Å². The van der Waals surface area contributed by atoms with Crippen LogP contribution in [0.2, 0.25) is 0 Å². The van der Waals surface area contributed by atoms with Crippen molar-refractivity contribution in [1.82, 2.24) is 9.99 Å². The number of hydrogen-bond donors (Lipinski definition) is 1. The summed E-state index contributed by atoms with van der Waals surface area (Å²) in [5.74, 6) is 0.772. The van der Waals surface area contributed by atoms with Crippen molar-refractivity contribution in [3.05, 3.63) is 59.4 Å². The predicted octanol–water partition coefficient (Wildman–Crippen LogP) is 2.48. The third kappa shape index (κ3) is 2.68. The monoisotopic (exact) mass is 377 g/mol. The Balaban J connectivity index is 1.49. The summed E-state index contributed by atoms with van der Waals surface area (Å²) in [4.78, 5) is 20.6. The number of pyridine rings is 1. The second-order valence-electron chi connectivity index (χ2n) is 5.78. The molecule has 9 heteroatoms. The van der Waals surface area contributed by atoms with Crippen LogP contribution < -0.4 is 9.47 Å². The van der Waals surface area contributed by atoms with Crippen molar-refractivity contribution in [1.29, 1.82) is 5.41 Å². The highest BCUT2D eigenvalue weighted by atomic mass is 32.2. The van der Waals surface area contributed by atoms with Gasteiger partial charge in [-0.1, -0.05) is 6.07 Å². The number of fused-ring (bicyclic) bond motifs is 2.